The monoisotopic (exact) mass is 476 g/mol. The van der Waals surface area contributed by atoms with Crippen LogP contribution < -0.4 is 10.6 Å². The van der Waals surface area contributed by atoms with Crippen LogP contribution in [0.1, 0.15) is 44.1 Å². The Morgan fingerprint density at radius 2 is 2.15 bits per heavy atom. The summed E-state index contributed by atoms with van der Waals surface area (Å²) >= 11 is 0. The molecule has 2 rings (SSSR count). The summed E-state index contributed by atoms with van der Waals surface area (Å²) in [6.45, 7) is 7.23. The third-order valence-corrected chi connectivity index (χ3v) is 4.04. The van der Waals surface area contributed by atoms with Gasteiger partial charge in [-0.25, -0.2) is 4.99 Å². The number of aliphatic imine (C=N–C) groups is 1. The molecule has 0 amide bonds. The molecule has 9 heteroatoms. The van der Waals surface area contributed by atoms with Crippen molar-refractivity contribution in [2.24, 2.45) is 12.0 Å². The van der Waals surface area contributed by atoms with Crippen LogP contribution in [0.15, 0.2) is 27.8 Å². The first-order valence-electron chi connectivity index (χ1n) is 8.57. The minimum atomic E-state index is -1.13. The maximum absolute atomic E-state index is 10.6. The molecule has 0 aliphatic rings. The fourth-order valence-corrected chi connectivity index (χ4v) is 2.22. The molecule has 0 spiro atoms. The number of furan rings is 1. The number of rotatable bonds is 8. The molecular formula is C17H29IN6O2. The van der Waals surface area contributed by atoms with E-state index in [1.807, 2.05) is 18.5 Å². The number of aliphatic hydroxyl groups is 1. The second-order valence-electron chi connectivity index (χ2n) is 6.27. The zero-order valence-corrected chi connectivity index (χ0v) is 18.2. The number of hydrogen-bond acceptors (Lipinski definition) is 5. The smallest absolute Gasteiger partial charge is 0.191 e. The maximum atomic E-state index is 10.6. The number of halogens is 1. The topological polar surface area (TPSA) is 100 Å². The molecule has 0 aliphatic carbocycles. The Balaban J connectivity index is 0.00000338. The number of aryl methyl sites for hydroxylation is 1. The van der Waals surface area contributed by atoms with Crippen LogP contribution in [0.4, 0.5) is 0 Å². The van der Waals surface area contributed by atoms with Crippen molar-refractivity contribution >= 4 is 29.9 Å². The molecule has 1 unspecified atom stereocenters. The van der Waals surface area contributed by atoms with Gasteiger partial charge < -0.3 is 24.7 Å². The first-order valence-corrected chi connectivity index (χ1v) is 8.57. The molecule has 0 radical (unpaired) electrons. The van der Waals surface area contributed by atoms with Crippen molar-refractivity contribution < 1.29 is 9.52 Å². The Morgan fingerprint density at radius 3 is 2.73 bits per heavy atom. The Bertz CT molecular complexity index is 681. The Hall–Kier alpha value is -1.62. The van der Waals surface area contributed by atoms with Crippen LogP contribution in [-0.4, -0.2) is 38.9 Å². The van der Waals surface area contributed by atoms with Gasteiger partial charge in [-0.3, -0.25) is 0 Å². The van der Waals surface area contributed by atoms with Gasteiger partial charge in [0, 0.05) is 13.6 Å². The van der Waals surface area contributed by atoms with E-state index in [1.54, 1.807) is 25.3 Å². The number of nitrogens with one attached hydrogen (secondary N) is 2. The van der Waals surface area contributed by atoms with Crippen molar-refractivity contribution in [3.05, 3.63) is 35.8 Å². The molecule has 2 aromatic rings. The quantitative estimate of drug-likeness (QED) is 0.234. The lowest BCUT2D eigenvalue weighted by atomic mass is 10.0. The van der Waals surface area contributed by atoms with E-state index in [0.717, 1.165) is 31.0 Å². The Kier molecular flexibility index (Phi) is 9.06. The summed E-state index contributed by atoms with van der Waals surface area (Å²) in [6, 6.07) is 3.51. The average molecular weight is 476 g/mol. The molecule has 0 fully saturated rings. The first kappa shape index (κ1) is 22.4. The largest absolute Gasteiger partial charge is 0.466 e. The van der Waals surface area contributed by atoms with Gasteiger partial charge in [-0.1, -0.05) is 13.3 Å². The SMILES string of the molecule is CCCCNC(=NCc1nnc(C)n1C)NCC(C)(O)c1ccco1.I. The van der Waals surface area contributed by atoms with Gasteiger partial charge in [-0.05, 0) is 32.4 Å². The van der Waals surface area contributed by atoms with E-state index >= 15 is 0 Å². The minimum Gasteiger partial charge on any atom is -0.466 e. The zero-order valence-electron chi connectivity index (χ0n) is 15.8. The molecule has 8 nitrogen and oxygen atoms in total. The van der Waals surface area contributed by atoms with E-state index in [0.29, 0.717) is 18.3 Å². The lowest BCUT2D eigenvalue weighted by Crippen LogP contribution is -2.44. The molecule has 0 aliphatic heterocycles. The van der Waals surface area contributed by atoms with Gasteiger partial charge in [0.05, 0.1) is 12.8 Å². The molecule has 146 valence electrons. The Labute approximate surface area is 171 Å². The lowest BCUT2D eigenvalue weighted by molar-refractivity contribution is 0.0386. The van der Waals surface area contributed by atoms with Gasteiger partial charge in [-0.15, -0.1) is 34.2 Å². The summed E-state index contributed by atoms with van der Waals surface area (Å²) in [5.41, 5.74) is -1.13. The number of nitrogens with zero attached hydrogens (tertiary/aromatic N) is 4. The van der Waals surface area contributed by atoms with Crippen molar-refractivity contribution in [1.82, 2.24) is 25.4 Å². The number of hydrogen-bond donors (Lipinski definition) is 3. The molecule has 0 aromatic carbocycles. The van der Waals surface area contributed by atoms with Crippen molar-refractivity contribution in [2.45, 2.75) is 45.8 Å². The maximum Gasteiger partial charge on any atom is 0.191 e. The minimum absolute atomic E-state index is 0. The predicted molar refractivity (Wildman–Crippen MR) is 111 cm³/mol. The van der Waals surface area contributed by atoms with Crippen LogP contribution in [0.3, 0.4) is 0 Å². The van der Waals surface area contributed by atoms with E-state index in [1.165, 1.54) is 0 Å². The van der Waals surface area contributed by atoms with Gasteiger partial charge in [0.1, 0.15) is 23.7 Å². The second kappa shape index (κ2) is 10.5. The van der Waals surface area contributed by atoms with Crippen LogP contribution in [0.2, 0.25) is 0 Å². The van der Waals surface area contributed by atoms with Gasteiger partial charge in [0.2, 0.25) is 0 Å². The van der Waals surface area contributed by atoms with Gasteiger partial charge in [0.15, 0.2) is 11.8 Å². The molecule has 0 bridgehead atoms. The van der Waals surface area contributed by atoms with Crippen LogP contribution in [0.5, 0.6) is 0 Å². The van der Waals surface area contributed by atoms with Crippen LogP contribution in [0, 0.1) is 6.92 Å². The normalized spacial score (nSPS) is 13.8. The van der Waals surface area contributed by atoms with Crippen LogP contribution in [0.25, 0.3) is 0 Å². The molecule has 2 aromatic heterocycles. The second-order valence-corrected chi connectivity index (χ2v) is 6.27. The number of aromatic nitrogens is 3. The molecule has 2 heterocycles. The predicted octanol–water partition coefficient (Wildman–Crippen LogP) is 2.08. The summed E-state index contributed by atoms with van der Waals surface area (Å²) in [6.07, 6.45) is 3.68. The number of unbranched alkanes of at least 4 members (excludes halogenated alkanes) is 1. The third kappa shape index (κ3) is 6.27. The highest BCUT2D eigenvalue weighted by Crippen LogP contribution is 2.19. The van der Waals surface area contributed by atoms with Crippen molar-refractivity contribution in [3.8, 4) is 0 Å². The van der Waals surface area contributed by atoms with Gasteiger partial charge in [-0.2, -0.15) is 0 Å². The van der Waals surface area contributed by atoms with E-state index in [4.69, 9.17) is 4.42 Å². The summed E-state index contributed by atoms with van der Waals surface area (Å²) in [5.74, 6) is 2.77. The van der Waals surface area contributed by atoms with E-state index in [2.05, 4.69) is 32.7 Å². The molecule has 26 heavy (non-hydrogen) atoms. The molecule has 1 atom stereocenters. The molecule has 0 saturated heterocycles. The van der Waals surface area contributed by atoms with Crippen LogP contribution >= 0.6 is 24.0 Å². The summed E-state index contributed by atoms with van der Waals surface area (Å²) in [7, 11) is 1.92. The van der Waals surface area contributed by atoms with Crippen molar-refractivity contribution in [1.29, 1.82) is 0 Å². The molecule has 0 saturated carbocycles. The summed E-state index contributed by atoms with van der Waals surface area (Å²) in [4.78, 5) is 4.55. The Morgan fingerprint density at radius 1 is 1.38 bits per heavy atom. The highest BCUT2D eigenvalue weighted by molar-refractivity contribution is 14.0. The summed E-state index contributed by atoms with van der Waals surface area (Å²) in [5, 5.41) is 25.2. The highest BCUT2D eigenvalue weighted by atomic mass is 127. The fourth-order valence-electron chi connectivity index (χ4n) is 2.22. The first-order chi connectivity index (χ1) is 11.9. The standard InChI is InChI=1S/C17H28N6O2.HI/c1-5-6-9-18-16(19-11-15-22-21-13(2)23(15)4)20-12-17(3,24)14-8-7-10-25-14;/h7-8,10,24H,5-6,9,11-12H2,1-4H3,(H2,18,19,20);1H. The highest BCUT2D eigenvalue weighted by Gasteiger charge is 2.26. The summed E-state index contributed by atoms with van der Waals surface area (Å²) < 4.78 is 7.21. The zero-order chi connectivity index (χ0) is 18.3. The van der Waals surface area contributed by atoms with E-state index in [9.17, 15) is 5.11 Å². The van der Waals surface area contributed by atoms with E-state index < -0.39 is 5.60 Å². The fraction of sp³-hybridized carbons (Fsp3) is 0.588. The van der Waals surface area contributed by atoms with Crippen molar-refractivity contribution in [2.75, 3.05) is 13.1 Å². The lowest BCUT2D eigenvalue weighted by Gasteiger charge is -2.23. The molecule has 3 N–H and O–H groups in total. The van der Waals surface area contributed by atoms with Gasteiger partial charge >= 0.3 is 0 Å². The third-order valence-electron chi connectivity index (χ3n) is 4.04. The number of guanidine groups is 1. The average Bonchev–Trinajstić information content (AvgIpc) is 3.23. The van der Waals surface area contributed by atoms with Gasteiger partial charge in [0.25, 0.3) is 0 Å². The van der Waals surface area contributed by atoms with Crippen molar-refractivity contribution in [3.63, 3.8) is 0 Å². The van der Waals surface area contributed by atoms with Crippen LogP contribution in [-0.2, 0) is 19.2 Å². The molecular weight excluding hydrogens is 447 g/mol. The van der Waals surface area contributed by atoms with E-state index in [-0.39, 0.29) is 30.5 Å².